The van der Waals surface area contributed by atoms with E-state index in [4.69, 9.17) is 9.31 Å². The second-order valence-corrected chi connectivity index (χ2v) is 5.66. The highest BCUT2D eigenvalue weighted by Gasteiger charge is 2.33. The molecule has 1 saturated heterocycles. The number of benzene rings is 1. The third-order valence-electron chi connectivity index (χ3n) is 3.27. The molecule has 0 atom stereocenters. The minimum atomic E-state index is -0.187. The molecule has 1 fully saturated rings. The lowest BCUT2D eigenvalue weighted by atomic mass is 9.75. The Morgan fingerprint density at radius 1 is 1.24 bits per heavy atom. The number of rotatable bonds is 2. The van der Waals surface area contributed by atoms with Crippen molar-refractivity contribution in [3.63, 3.8) is 0 Å². The van der Waals surface area contributed by atoms with E-state index in [2.05, 4.69) is 45.9 Å². The van der Waals surface area contributed by atoms with E-state index in [1.165, 1.54) is 11.1 Å². The van der Waals surface area contributed by atoms with E-state index in [9.17, 15) is 0 Å². The fourth-order valence-electron chi connectivity index (χ4n) is 2.15. The molecule has 1 aromatic carbocycles. The largest absolute Gasteiger partial charge is 0.493 e. The summed E-state index contributed by atoms with van der Waals surface area (Å²) in [4.78, 5) is 0. The van der Waals surface area contributed by atoms with Crippen LogP contribution >= 0.6 is 0 Å². The van der Waals surface area contributed by atoms with Gasteiger partial charge in [0.05, 0.1) is 0 Å². The average molecular weight is 232 g/mol. The van der Waals surface area contributed by atoms with E-state index in [0.717, 1.165) is 25.1 Å². The van der Waals surface area contributed by atoms with E-state index in [-0.39, 0.29) is 12.5 Å². The molecular formula is C14H21BO2. The Morgan fingerprint density at radius 2 is 1.88 bits per heavy atom. The first-order chi connectivity index (χ1) is 8.02. The molecule has 0 saturated carbocycles. The molecule has 1 aliphatic rings. The summed E-state index contributed by atoms with van der Waals surface area (Å²) in [6.07, 6.45) is 1.07. The monoisotopic (exact) mass is 232 g/mol. The molecule has 17 heavy (non-hydrogen) atoms. The molecule has 0 aromatic heterocycles. The standard InChI is InChI=1S/C14H21BO2/c1-5-12-6-7-13(8-11(12)2)15-16-9-14(3,4)10-17-15/h6-8H,5,9-10H2,1-4H3. The molecule has 1 aliphatic heterocycles. The fourth-order valence-corrected chi connectivity index (χ4v) is 2.15. The van der Waals surface area contributed by atoms with Crippen LogP contribution in [0, 0.1) is 12.3 Å². The third kappa shape index (κ3) is 2.91. The number of hydrogen-bond donors (Lipinski definition) is 0. The molecule has 92 valence electrons. The van der Waals surface area contributed by atoms with Gasteiger partial charge in [0.15, 0.2) is 0 Å². The number of hydrogen-bond acceptors (Lipinski definition) is 2. The highest BCUT2D eigenvalue weighted by atomic mass is 16.6. The van der Waals surface area contributed by atoms with Gasteiger partial charge in [0.1, 0.15) is 0 Å². The second kappa shape index (κ2) is 4.83. The highest BCUT2D eigenvalue weighted by molar-refractivity contribution is 6.61. The summed E-state index contributed by atoms with van der Waals surface area (Å²) in [5, 5.41) is 0. The zero-order valence-electron chi connectivity index (χ0n) is 11.2. The lowest BCUT2D eigenvalue weighted by Gasteiger charge is -2.33. The molecule has 0 aliphatic carbocycles. The van der Waals surface area contributed by atoms with Gasteiger partial charge >= 0.3 is 7.12 Å². The van der Waals surface area contributed by atoms with Crippen LogP contribution in [0.15, 0.2) is 18.2 Å². The van der Waals surface area contributed by atoms with Gasteiger partial charge in [-0.25, -0.2) is 0 Å². The molecule has 1 aromatic rings. The summed E-state index contributed by atoms with van der Waals surface area (Å²) in [5.74, 6) is 0. The van der Waals surface area contributed by atoms with Gasteiger partial charge in [-0.3, -0.25) is 0 Å². The summed E-state index contributed by atoms with van der Waals surface area (Å²) >= 11 is 0. The van der Waals surface area contributed by atoms with Crippen LogP contribution in [0.25, 0.3) is 0 Å². The minimum Gasteiger partial charge on any atom is -0.407 e. The van der Waals surface area contributed by atoms with Gasteiger partial charge < -0.3 is 9.31 Å². The molecular weight excluding hydrogens is 211 g/mol. The quantitative estimate of drug-likeness (QED) is 0.728. The van der Waals surface area contributed by atoms with Crippen LogP contribution in [0.1, 0.15) is 31.9 Å². The maximum absolute atomic E-state index is 5.79. The smallest absolute Gasteiger partial charge is 0.407 e. The van der Waals surface area contributed by atoms with Crippen molar-refractivity contribution in [1.29, 1.82) is 0 Å². The molecule has 0 N–H and O–H groups in total. The van der Waals surface area contributed by atoms with Crippen molar-refractivity contribution in [2.24, 2.45) is 5.41 Å². The molecule has 0 spiro atoms. The maximum Gasteiger partial charge on any atom is 0.493 e. The average Bonchev–Trinajstić information content (AvgIpc) is 2.29. The van der Waals surface area contributed by atoms with Gasteiger partial charge in [-0.05, 0) is 29.9 Å². The normalized spacial score (nSPS) is 19.4. The molecule has 3 heteroatoms. The van der Waals surface area contributed by atoms with Gasteiger partial charge in [-0.15, -0.1) is 0 Å². The molecule has 0 unspecified atom stereocenters. The summed E-state index contributed by atoms with van der Waals surface area (Å²) in [6.45, 7) is 10.2. The lowest BCUT2D eigenvalue weighted by Crippen LogP contribution is -2.47. The van der Waals surface area contributed by atoms with Crippen LogP contribution in [-0.2, 0) is 15.7 Å². The highest BCUT2D eigenvalue weighted by Crippen LogP contribution is 2.21. The van der Waals surface area contributed by atoms with E-state index in [1.54, 1.807) is 0 Å². The molecule has 2 rings (SSSR count). The summed E-state index contributed by atoms with van der Waals surface area (Å²) in [7, 11) is -0.187. The molecule has 0 bridgehead atoms. The Hall–Kier alpha value is -0.795. The van der Waals surface area contributed by atoms with Crippen LogP contribution in [0.5, 0.6) is 0 Å². The zero-order valence-corrected chi connectivity index (χ0v) is 11.2. The molecule has 0 amide bonds. The van der Waals surface area contributed by atoms with Crippen LogP contribution in [0.4, 0.5) is 0 Å². The van der Waals surface area contributed by atoms with Crippen molar-refractivity contribution >= 4 is 12.6 Å². The van der Waals surface area contributed by atoms with Gasteiger partial charge in [0, 0.05) is 18.6 Å². The summed E-state index contributed by atoms with van der Waals surface area (Å²) in [6, 6.07) is 6.48. The van der Waals surface area contributed by atoms with Crippen LogP contribution in [-0.4, -0.2) is 20.3 Å². The van der Waals surface area contributed by atoms with Crippen molar-refractivity contribution in [1.82, 2.24) is 0 Å². The Balaban J connectivity index is 2.11. The molecule has 2 nitrogen and oxygen atoms in total. The minimum absolute atomic E-state index is 0.134. The topological polar surface area (TPSA) is 18.5 Å². The second-order valence-electron chi connectivity index (χ2n) is 5.66. The predicted octanol–water partition coefficient (Wildman–Crippen LogP) is 2.33. The Morgan fingerprint density at radius 3 is 2.41 bits per heavy atom. The summed E-state index contributed by atoms with van der Waals surface area (Å²) in [5.41, 5.74) is 3.98. The Bertz CT molecular complexity index is 391. The van der Waals surface area contributed by atoms with Gasteiger partial charge in [0.25, 0.3) is 0 Å². The first-order valence-electron chi connectivity index (χ1n) is 6.34. The summed E-state index contributed by atoms with van der Waals surface area (Å²) < 4.78 is 11.6. The van der Waals surface area contributed by atoms with Crippen molar-refractivity contribution in [2.75, 3.05) is 13.2 Å². The Labute approximate surface area is 104 Å². The van der Waals surface area contributed by atoms with Gasteiger partial charge in [-0.2, -0.15) is 0 Å². The van der Waals surface area contributed by atoms with Crippen LogP contribution < -0.4 is 5.46 Å². The van der Waals surface area contributed by atoms with Crippen molar-refractivity contribution in [3.05, 3.63) is 29.3 Å². The third-order valence-corrected chi connectivity index (χ3v) is 3.27. The van der Waals surface area contributed by atoms with Crippen molar-refractivity contribution in [3.8, 4) is 0 Å². The first kappa shape index (κ1) is 12.7. The SMILES string of the molecule is CCc1ccc(B2OCC(C)(C)CO2)cc1C. The fraction of sp³-hybridized carbons (Fsp3) is 0.571. The van der Waals surface area contributed by atoms with E-state index in [1.807, 2.05) is 0 Å². The molecule has 0 radical (unpaired) electrons. The molecule has 1 heterocycles. The maximum atomic E-state index is 5.79. The van der Waals surface area contributed by atoms with Crippen molar-refractivity contribution < 1.29 is 9.31 Å². The van der Waals surface area contributed by atoms with Crippen LogP contribution in [0.3, 0.4) is 0 Å². The van der Waals surface area contributed by atoms with E-state index < -0.39 is 0 Å². The van der Waals surface area contributed by atoms with E-state index in [0.29, 0.717) is 0 Å². The predicted molar refractivity (Wildman–Crippen MR) is 71.6 cm³/mol. The lowest BCUT2D eigenvalue weighted by molar-refractivity contribution is 0.0343. The number of aryl methyl sites for hydroxylation is 2. The van der Waals surface area contributed by atoms with Gasteiger partial charge in [-0.1, -0.05) is 39.0 Å². The Kier molecular flexibility index (Phi) is 3.60. The van der Waals surface area contributed by atoms with Crippen molar-refractivity contribution in [2.45, 2.75) is 34.1 Å². The first-order valence-corrected chi connectivity index (χ1v) is 6.34. The zero-order chi connectivity index (χ0) is 12.5. The van der Waals surface area contributed by atoms with E-state index >= 15 is 0 Å². The van der Waals surface area contributed by atoms with Crippen LogP contribution in [0.2, 0.25) is 0 Å². The van der Waals surface area contributed by atoms with Gasteiger partial charge in [0.2, 0.25) is 0 Å².